The summed E-state index contributed by atoms with van der Waals surface area (Å²) in [5.74, 6) is 0.0944. The van der Waals surface area contributed by atoms with Crippen LogP contribution < -0.4 is 5.73 Å². The molecule has 0 fully saturated rings. The largest absolute Gasteiger partial charge is 0.397 e. The lowest BCUT2D eigenvalue weighted by Gasteiger charge is -2.30. The summed E-state index contributed by atoms with van der Waals surface area (Å²) in [7, 11) is 1.83. The lowest BCUT2D eigenvalue weighted by atomic mass is 9.75. The number of aromatic nitrogens is 3. The van der Waals surface area contributed by atoms with Crippen LogP contribution in [0.1, 0.15) is 36.3 Å². The van der Waals surface area contributed by atoms with Crippen molar-refractivity contribution in [1.82, 2.24) is 14.8 Å². The number of ketones is 1. The quantitative estimate of drug-likeness (QED) is 0.765. The maximum absolute atomic E-state index is 12.2. The molecule has 5 nitrogen and oxygen atoms in total. The molecular formula is C13H16N4O. The van der Waals surface area contributed by atoms with Gasteiger partial charge >= 0.3 is 0 Å². The Labute approximate surface area is 105 Å². The number of carbonyl (C=O) groups is 1. The predicted octanol–water partition coefficient (Wildman–Crippen LogP) is 1.71. The molecule has 2 aromatic heterocycles. The molecule has 0 aliphatic heterocycles. The van der Waals surface area contributed by atoms with E-state index in [1.54, 1.807) is 10.9 Å². The van der Waals surface area contributed by atoms with E-state index in [2.05, 4.69) is 23.9 Å². The number of nitrogens with two attached hydrogens (primary N) is 1. The van der Waals surface area contributed by atoms with Crippen molar-refractivity contribution in [3.8, 4) is 0 Å². The molecule has 0 aromatic carbocycles. The van der Waals surface area contributed by atoms with Gasteiger partial charge in [0.2, 0.25) is 0 Å². The number of rotatable bonds is 0. The molecule has 0 saturated heterocycles. The molecule has 0 radical (unpaired) electrons. The van der Waals surface area contributed by atoms with Crippen molar-refractivity contribution >= 4 is 22.5 Å². The standard InChI is InChI=1S/C13H16N4O/c1-13(2)4-8-10(9(18)5-13)11(14)7-6-15-17(3)12(7)16-8/h6H,4-5H2,1-3H3,(H2,14,16). The number of carbonyl (C=O) groups excluding carboxylic acids is 1. The molecule has 94 valence electrons. The molecule has 18 heavy (non-hydrogen) atoms. The molecule has 5 heteroatoms. The minimum atomic E-state index is -0.0458. The third-order valence-electron chi connectivity index (χ3n) is 3.56. The summed E-state index contributed by atoms with van der Waals surface area (Å²) in [6, 6.07) is 0. The fraction of sp³-hybridized carbons (Fsp3) is 0.462. The molecule has 0 spiro atoms. The van der Waals surface area contributed by atoms with Gasteiger partial charge in [-0.25, -0.2) is 4.98 Å². The molecule has 0 saturated carbocycles. The number of Topliss-reactive ketones (excluding diaryl/α,β-unsaturated/α-hetero) is 1. The summed E-state index contributed by atoms with van der Waals surface area (Å²) in [5, 5.41) is 4.92. The Hall–Kier alpha value is -1.91. The van der Waals surface area contributed by atoms with Gasteiger partial charge in [-0.05, 0) is 11.8 Å². The first-order chi connectivity index (χ1) is 8.39. The summed E-state index contributed by atoms with van der Waals surface area (Å²) in [5.41, 5.74) is 8.77. The van der Waals surface area contributed by atoms with Crippen molar-refractivity contribution in [2.75, 3.05) is 5.73 Å². The van der Waals surface area contributed by atoms with Gasteiger partial charge in [0.1, 0.15) is 0 Å². The van der Waals surface area contributed by atoms with E-state index in [4.69, 9.17) is 5.73 Å². The maximum Gasteiger partial charge on any atom is 0.167 e. The van der Waals surface area contributed by atoms with Crippen LogP contribution in [0.2, 0.25) is 0 Å². The van der Waals surface area contributed by atoms with Crippen molar-refractivity contribution in [3.63, 3.8) is 0 Å². The van der Waals surface area contributed by atoms with Gasteiger partial charge in [0.15, 0.2) is 11.4 Å². The van der Waals surface area contributed by atoms with Gasteiger partial charge in [0.05, 0.1) is 28.5 Å². The smallest absolute Gasteiger partial charge is 0.167 e. The number of hydrogen-bond acceptors (Lipinski definition) is 4. The highest BCUT2D eigenvalue weighted by molar-refractivity contribution is 6.08. The van der Waals surface area contributed by atoms with Crippen LogP contribution in [0.5, 0.6) is 0 Å². The van der Waals surface area contributed by atoms with Crippen LogP contribution >= 0.6 is 0 Å². The van der Waals surface area contributed by atoms with E-state index in [1.807, 2.05) is 7.05 Å². The van der Waals surface area contributed by atoms with Gasteiger partial charge < -0.3 is 5.73 Å². The van der Waals surface area contributed by atoms with E-state index in [0.29, 0.717) is 17.7 Å². The Morgan fingerprint density at radius 3 is 2.83 bits per heavy atom. The lowest BCUT2D eigenvalue weighted by Crippen LogP contribution is -2.29. The Morgan fingerprint density at radius 1 is 1.39 bits per heavy atom. The third-order valence-corrected chi connectivity index (χ3v) is 3.56. The van der Waals surface area contributed by atoms with E-state index in [9.17, 15) is 4.79 Å². The second-order valence-corrected chi connectivity index (χ2v) is 5.79. The topological polar surface area (TPSA) is 73.8 Å². The SMILES string of the molecule is Cn1ncc2c(N)c3c(nc21)CC(C)(C)CC3=O. The van der Waals surface area contributed by atoms with E-state index < -0.39 is 0 Å². The number of aryl methyl sites for hydroxylation is 1. The fourth-order valence-electron chi connectivity index (χ4n) is 2.71. The molecule has 0 bridgehead atoms. The highest BCUT2D eigenvalue weighted by Gasteiger charge is 2.34. The second-order valence-electron chi connectivity index (χ2n) is 5.79. The average Bonchev–Trinajstić information content (AvgIpc) is 2.58. The Kier molecular flexibility index (Phi) is 2.06. The molecule has 0 unspecified atom stereocenters. The number of pyridine rings is 1. The van der Waals surface area contributed by atoms with E-state index in [1.165, 1.54) is 0 Å². The normalized spacial score (nSPS) is 18.1. The van der Waals surface area contributed by atoms with Gasteiger partial charge in [-0.3, -0.25) is 9.48 Å². The van der Waals surface area contributed by atoms with Crippen LogP contribution in [0.4, 0.5) is 5.69 Å². The zero-order valence-corrected chi connectivity index (χ0v) is 10.8. The van der Waals surface area contributed by atoms with Gasteiger partial charge in [0.25, 0.3) is 0 Å². The predicted molar refractivity (Wildman–Crippen MR) is 69.4 cm³/mol. The summed E-state index contributed by atoms with van der Waals surface area (Å²) < 4.78 is 1.69. The van der Waals surface area contributed by atoms with Crippen LogP contribution in [0.15, 0.2) is 6.20 Å². The Balaban J connectivity index is 2.35. The highest BCUT2D eigenvalue weighted by atomic mass is 16.1. The van der Waals surface area contributed by atoms with Gasteiger partial charge in [-0.15, -0.1) is 0 Å². The minimum absolute atomic E-state index is 0.0458. The monoisotopic (exact) mass is 244 g/mol. The van der Waals surface area contributed by atoms with Crippen molar-refractivity contribution in [1.29, 1.82) is 0 Å². The Bertz CT molecular complexity index is 669. The van der Waals surface area contributed by atoms with Crippen molar-refractivity contribution in [2.24, 2.45) is 12.5 Å². The maximum atomic E-state index is 12.2. The zero-order valence-electron chi connectivity index (χ0n) is 10.8. The molecule has 2 N–H and O–H groups in total. The van der Waals surface area contributed by atoms with Crippen LogP contribution in [-0.2, 0) is 13.5 Å². The van der Waals surface area contributed by atoms with Crippen molar-refractivity contribution < 1.29 is 4.79 Å². The zero-order chi connectivity index (χ0) is 13.1. The summed E-state index contributed by atoms with van der Waals surface area (Å²) in [6.07, 6.45) is 2.97. The van der Waals surface area contributed by atoms with Crippen LogP contribution in [0.3, 0.4) is 0 Å². The first-order valence-corrected chi connectivity index (χ1v) is 6.02. The lowest BCUT2D eigenvalue weighted by molar-refractivity contribution is 0.0912. The molecular weight excluding hydrogens is 228 g/mol. The molecule has 0 atom stereocenters. The molecule has 2 heterocycles. The molecule has 0 amide bonds. The number of fused-ring (bicyclic) bond motifs is 2. The molecule has 1 aliphatic rings. The number of hydrogen-bond donors (Lipinski definition) is 1. The van der Waals surface area contributed by atoms with Gasteiger partial charge in [-0.2, -0.15) is 5.10 Å². The first-order valence-electron chi connectivity index (χ1n) is 6.02. The number of nitrogen functional groups attached to an aromatic ring is 1. The van der Waals surface area contributed by atoms with Gasteiger partial charge in [-0.1, -0.05) is 13.8 Å². The minimum Gasteiger partial charge on any atom is -0.397 e. The van der Waals surface area contributed by atoms with E-state index in [-0.39, 0.29) is 11.2 Å². The van der Waals surface area contributed by atoms with Crippen molar-refractivity contribution in [3.05, 3.63) is 17.5 Å². The van der Waals surface area contributed by atoms with Gasteiger partial charge in [0, 0.05) is 13.5 Å². The van der Waals surface area contributed by atoms with Crippen LogP contribution in [0.25, 0.3) is 11.0 Å². The van der Waals surface area contributed by atoms with Crippen molar-refractivity contribution in [2.45, 2.75) is 26.7 Å². The summed E-state index contributed by atoms with van der Waals surface area (Å²) in [6.45, 7) is 4.16. The second kappa shape index (κ2) is 3.31. The summed E-state index contributed by atoms with van der Waals surface area (Å²) >= 11 is 0. The molecule has 2 aromatic rings. The number of nitrogens with zero attached hydrogens (tertiary/aromatic N) is 3. The molecule has 3 rings (SSSR count). The van der Waals surface area contributed by atoms with Crippen LogP contribution in [0, 0.1) is 5.41 Å². The Morgan fingerprint density at radius 2 is 2.11 bits per heavy atom. The third kappa shape index (κ3) is 1.43. The number of anilines is 1. The first kappa shape index (κ1) is 11.2. The highest BCUT2D eigenvalue weighted by Crippen LogP contribution is 2.38. The van der Waals surface area contributed by atoms with E-state index in [0.717, 1.165) is 23.1 Å². The summed E-state index contributed by atoms with van der Waals surface area (Å²) in [4.78, 5) is 16.8. The molecule has 1 aliphatic carbocycles. The fourth-order valence-corrected chi connectivity index (χ4v) is 2.71. The average molecular weight is 244 g/mol. The van der Waals surface area contributed by atoms with E-state index >= 15 is 0 Å². The van der Waals surface area contributed by atoms with Crippen LogP contribution in [-0.4, -0.2) is 20.5 Å².